The van der Waals surface area contributed by atoms with Gasteiger partial charge in [0.15, 0.2) is 2.12 Å². The zero-order valence-corrected chi connectivity index (χ0v) is 11.5. The van der Waals surface area contributed by atoms with E-state index in [1.807, 2.05) is 0 Å². The summed E-state index contributed by atoms with van der Waals surface area (Å²) < 4.78 is 31.1. The minimum atomic E-state index is -2.53. The Morgan fingerprint density at radius 1 is 1.62 bits per heavy atom. The molecule has 1 aliphatic heterocycles. The summed E-state index contributed by atoms with van der Waals surface area (Å²) in [6.45, 7) is 0.247. The lowest BCUT2D eigenvalue weighted by molar-refractivity contribution is 0.0132. The number of ether oxygens (including phenoxy) is 1. The van der Waals surface area contributed by atoms with Gasteiger partial charge in [-0.1, -0.05) is 0 Å². The molecule has 2 nitrogen and oxygen atoms in total. The molecule has 1 aliphatic rings. The lowest BCUT2D eigenvalue weighted by Gasteiger charge is -2.18. The second-order valence-corrected chi connectivity index (χ2v) is 7.87. The van der Waals surface area contributed by atoms with Crippen LogP contribution in [0.2, 0.25) is 0 Å². The van der Waals surface area contributed by atoms with Crippen molar-refractivity contribution < 1.29 is 13.5 Å². The minimum Gasteiger partial charge on any atom is -0.356 e. The van der Waals surface area contributed by atoms with Gasteiger partial charge in [0.05, 0.1) is 13.2 Å². The highest BCUT2D eigenvalue weighted by molar-refractivity contribution is 14.2. The first kappa shape index (κ1) is 12.3. The molecule has 0 spiro atoms. The van der Waals surface area contributed by atoms with Gasteiger partial charge in [-0.25, -0.2) is 8.78 Å². The van der Waals surface area contributed by atoms with Crippen molar-refractivity contribution >= 4 is 45.2 Å². The summed E-state index contributed by atoms with van der Waals surface area (Å²) >= 11 is 4.21. The molecule has 1 rings (SSSR count). The van der Waals surface area contributed by atoms with Crippen LogP contribution < -0.4 is 0 Å². The highest BCUT2D eigenvalue weighted by Gasteiger charge is 2.43. The fourth-order valence-corrected chi connectivity index (χ4v) is 1.84. The molecule has 0 aromatic heterocycles. The van der Waals surface area contributed by atoms with E-state index < -0.39 is 5.92 Å². The normalized spacial score (nSPS) is 28.6. The Morgan fingerprint density at radius 2 is 2.23 bits per heavy atom. The molecule has 0 aromatic carbocycles. The highest BCUT2D eigenvalue weighted by atomic mass is 127. The topological polar surface area (TPSA) is 12.5 Å². The predicted octanol–water partition coefficient (Wildman–Crippen LogP) is 2.50. The predicted molar refractivity (Wildman–Crippen MR) is 63.8 cm³/mol. The van der Waals surface area contributed by atoms with E-state index in [-0.39, 0.29) is 21.1 Å². The Hall–Kier alpha value is 1.24. The third-order valence-electron chi connectivity index (χ3n) is 2.05. The molecular weight excluding hydrogens is 406 g/mol. The molecule has 0 aliphatic carbocycles. The SMILES string of the molecule is CN1CC(F)(F)C[C@H]1COC(I)I. The molecule has 0 saturated carbocycles. The van der Waals surface area contributed by atoms with E-state index >= 15 is 0 Å². The standard InChI is InChI=1S/C7H11F2I2NO/c1-12-4-7(8,9)2-5(12)3-13-6(10)11/h5-6H,2-4H2,1H3/t5-/m0/s1. The molecular formula is C7H11F2I2NO. The van der Waals surface area contributed by atoms with Crippen molar-refractivity contribution in [1.29, 1.82) is 0 Å². The molecule has 1 saturated heterocycles. The van der Waals surface area contributed by atoms with Crippen LogP contribution in [0.1, 0.15) is 6.42 Å². The van der Waals surface area contributed by atoms with Gasteiger partial charge in [-0.3, -0.25) is 4.90 Å². The largest absolute Gasteiger partial charge is 0.356 e. The van der Waals surface area contributed by atoms with Crippen LogP contribution in [0.3, 0.4) is 0 Å². The number of alkyl halides is 4. The fraction of sp³-hybridized carbons (Fsp3) is 1.00. The average Bonchev–Trinajstić information content (AvgIpc) is 2.20. The van der Waals surface area contributed by atoms with Gasteiger partial charge < -0.3 is 4.74 Å². The first-order valence-corrected chi connectivity index (χ1v) is 6.38. The van der Waals surface area contributed by atoms with Crippen LogP contribution in [0, 0.1) is 0 Å². The smallest absolute Gasteiger partial charge is 0.262 e. The van der Waals surface area contributed by atoms with E-state index in [9.17, 15) is 8.78 Å². The molecule has 78 valence electrons. The summed E-state index contributed by atoms with van der Waals surface area (Å²) in [5.74, 6) is -2.53. The highest BCUT2D eigenvalue weighted by Crippen LogP contribution is 2.31. The van der Waals surface area contributed by atoms with Gasteiger partial charge in [0.1, 0.15) is 0 Å². The monoisotopic (exact) mass is 417 g/mol. The Morgan fingerprint density at radius 3 is 2.62 bits per heavy atom. The van der Waals surface area contributed by atoms with Crippen LogP contribution in [0.15, 0.2) is 0 Å². The second-order valence-electron chi connectivity index (χ2n) is 3.22. The summed E-state index contributed by atoms with van der Waals surface area (Å²) in [7, 11) is 1.71. The molecule has 0 amide bonds. The molecule has 6 heteroatoms. The molecule has 0 aromatic rings. The maximum Gasteiger partial charge on any atom is 0.262 e. The van der Waals surface area contributed by atoms with E-state index in [1.165, 1.54) is 0 Å². The Bertz CT molecular complexity index is 180. The molecule has 0 unspecified atom stereocenters. The number of hydrogen-bond acceptors (Lipinski definition) is 2. The second kappa shape index (κ2) is 4.84. The van der Waals surface area contributed by atoms with Crippen LogP contribution >= 0.6 is 45.2 Å². The number of rotatable bonds is 3. The first-order valence-electron chi connectivity index (χ1n) is 3.88. The van der Waals surface area contributed by atoms with E-state index in [1.54, 1.807) is 11.9 Å². The lowest BCUT2D eigenvalue weighted by atomic mass is 10.2. The summed E-state index contributed by atoms with van der Waals surface area (Å²) in [4.78, 5) is 1.66. The average molecular weight is 417 g/mol. The van der Waals surface area contributed by atoms with Gasteiger partial charge in [0.25, 0.3) is 5.92 Å². The maximum atomic E-state index is 12.9. The van der Waals surface area contributed by atoms with Crippen molar-refractivity contribution in [2.45, 2.75) is 20.5 Å². The lowest BCUT2D eigenvalue weighted by Crippen LogP contribution is -2.30. The zero-order valence-electron chi connectivity index (χ0n) is 7.14. The first-order chi connectivity index (χ1) is 5.91. The Kier molecular flexibility index (Phi) is 4.59. The third kappa shape index (κ3) is 4.08. The van der Waals surface area contributed by atoms with E-state index in [0.29, 0.717) is 6.61 Å². The minimum absolute atomic E-state index is 0.0535. The van der Waals surface area contributed by atoms with E-state index in [0.717, 1.165) is 0 Å². The van der Waals surface area contributed by atoms with Crippen molar-refractivity contribution in [3.8, 4) is 0 Å². The van der Waals surface area contributed by atoms with Crippen LogP contribution in [0.4, 0.5) is 8.78 Å². The van der Waals surface area contributed by atoms with Gasteiger partial charge in [-0.2, -0.15) is 0 Å². The van der Waals surface area contributed by atoms with Gasteiger partial charge in [-0.05, 0) is 52.2 Å². The maximum absolute atomic E-state index is 12.9. The van der Waals surface area contributed by atoms with Crippen molar-refractivity contribution in [2.75, 3.05) is 20.2 Å². The van der Waals surface area contributed by atoms with Crippen molar-refractivity contribution in [3.05, 3.63) is 0 Å². The number of halogens is 4. The van der Waals surface area contributed by atoms with Gasteiger partial charge in [-0.15, -0.1) is 0 Å². The van der Waals surface area contributed by atoms with E-state index in [4.69, 9.17) is 4.74 Å². The quantitative estimate of drug-likeness (QED) is 0.517. The number of nitrogens with zero attached hydrogens (tertiary/aromatic N) is 1. The number of likely N-dealkylation sites (N-methyl/N-ethyl adjacent to an activating group) is 1. The number of hydrogen-bond donors (Lipinski definition) is 0. The molecule has 0 radical (unpaired) electrons. The molecule has 0 N–H and O–H groups in total. The van der Waals surface area contributed by atoms with Gasteiger partial charge in [0.2, 0.25) is 0 Å². The summed E-state index contributed by atoms with van der Waals surface area (Å²) in [5.41, 5.74) is 0. The fourth-order valence-electron chi connectivity index (χ4n) is 1.43. The van der Waals surface area contributed by atoms with E-state index in [2.05, 4.69) is 45.2 Å². The van der Waals surface area contributed by atoms with Crippen LogP contribution in [0.25, 0.3) is 0 Å². The molecule has 13 heavy (non-hydrogen) atoms. The number of likely N-dealkylation sites (tertiary alicyclic amines) is 1. The Labute approximate surface area is 104 Å². The van der Waals surface area contributed by atoms with Crippen molar-refractivity contribution in [1.82, 2.24) is 4.90 Å². The van der Waals surface area contributed by atoms with Crippen molar-refractivity contribution in [2.24, 2.45) is 0 Å². The van der Waals surface area contributed by atoms with Crippen LogP contribution in [-0.4, -0.2) is 39.2 Å². The van der Waals surface area contributed by atoms with Gasteiger partial charge >= 0.3 is 0 Å². The molecule has 0 bridgehead atoms. The molecule has 1 atom stereocenters. The summed E-state index contributed by atoms with van der Waals surface area (Å²) in [6.07, 6.45) is -0.0799. The summed E-state index contributed by atoms with van der Waals surface area (Å²) in [5, 5.41) is 0. The van der Waals surface area contributed by atoms with Gasteiger partial charge in [0, 0.05) is 12.5 Å². The molecule has 1 fully saturated rings. The zero-order chi connectivity index (χ0) is 10.1. The van der Waals surface area contributed by atoms with Crippen LogP contribution in [0.5, 0.6) is 0 Å². The van der Waals surface area contributed by atoms with Crippen LogP contribution in [-0.2, 0) is 4.74 Å². The van der Waals surface area contributed by atoms with Crippen molar-refractivity contribution in [3.63, 3.8) is 0 Å². The third-order valence-corrected chi connectivity index (χ3v) is 2.77. The summed E-state index contributed by atoms with van der Waals surface area (Å²) in [6, 6.07) is -0.137. The molecule has 1 heterocycles. The Balaban J connectivity index is 2.35.